The average molecular weight is 259 g/mol. The zero-order chi connectivity index (χ0) is 13.5. The van der Waals surface area contributed by atoms with E-state index in [2.05, 4.69) is 10.4 Å². The van der Waals surface area contributed by atoms with Gasteiger partial charge in [0, 0.05) is 12.4 Å². The second kappa shape index (κ2) is 6.58. The van der Waals surface area contributed by atoms with Gasteiger partial charge in [0.05, 0.1) is 6.54 Å². The largest absolute Gasteiger partial charge is 0.492 e. The fourth-order valence-electron chi connectivity index (χ4n) is 1.64. The zero-order valence-corrected chi connectivity index (χ0v) is 10.8. The molecule has 0 spiro atoms. The molecule has 1 N–H and O–H groups in total. The van der Waals surface area contributed by atoms with E-state index in [9.17, 15) is 4.79 Å². The highest BCUT2D eigenvalue weighted by Crippen LogP contribution is 2.07. The minimum absolute atomic E-state index is 0.0691. The monoisotopic (exact) mass is 259 g/mol. The Balaban J connectivity index is 1.70. The molecular weight excluding hydrogens is 242 g/mol. The molecule has 0 saturated carbocycles. The molecule has 1 aromatic heterocycles. The molecule has 5 heteroatoms. The second-order valence-corrected chi connectivity index (χ2v) is 4.11. The molecule has 2 rings (SSSR count). The van der Waals surface area contributed by atoms with Crippen LogP contribution in [0.15, 0.2) is 48.8 Å². The van der Waals surface area contributed by atoms with Crippen molar-refractivity contribution in [1.82, 2.24) is 15.1 Å². The van der Waals surface area contributed by atoms with Gasteiger partial charge < -0.3 is 10.1 Å². The smallest absolute Gasteiger partial charge is 0.244 e. The highest BCUT2D eigenvalue weighted by Gasteiger charge is 2.13. The Kier molecular flexibility index (Phi) is 4.55. The highest BCUT2D eigenvalue weighted by molar-refractivity contribution is 5.79. The van der Waals surface area contributed by atoms with Crippen LogP contribution in [-0.2, 0) is 4.79 Å². The molecule has 1 heterocycles. The van der Waals surface area contributed by atoms with Crippen molar-refractivity contribution in [2.45, 2.75) is 13.0 Å². The third kappa shape index (κ3) is 3.84. The minimum Gasteiger partial charge on any atom is -0.492 e. The van der Waals surface area contributed by atoms with Crippen LogP contribution in [0.4, 0.5) is 0 Å². The Morgan fingerprint density at radius 3 is 2.84 bits per heavy atom. The molecule has 1 unspecified atom stereocenters. The number of carbonyl (C=O) groups is 1. The third-order valence-electron chi connectivity index (χ3n) is 2.71. The van der Waals surface area contributed by atoms with Crippen LogP contribution in [0, 0.1) is 0 Å². The van der Waals surface area contributed by atoms with E-state index in [0.29, 0.717) is 13.2 Å². The molecule has 0 bridgehead atoms. The normalized spacial score (nSPS) is 11.8. The van der Waals surface area contributed by atoms with Crippen LogP contribution in [0.3, 0.4) is 0 Å². The predicted molar refractivity (Wildman–Crippen MR) is 71.9 cm³/mol. The molecule has 0 saturated heterocycles. The van der Waals surface area contributed by atoms with Crippen LogP contribution >= 0.6 is 0 Å². The average Bonchev–Trinajstić information content (AvgIpc) is 2.98. The van der Waals surface area contributed by atoms with E-state index in [0.717, 1.165) is 5.75 Å². The summed E-state index contributed by atoms with van der Waals surface area (Å²) in [5, 5.41) is 6.85. The second-order valence-electron chi connectivity index (χ2n) is 4.11. The number of amides is 1. The van der Waals surface area contributed by atoms with Gasteiger partial charge in [0.2, 0.25) is 5.91 Å². The molecule has 0 radical (unpaired) electrons. The lowest BCUT2D eigenvalue weighted by Crippen LogP contribution is -2.34. The molecule has 0 aliphatic carbocycles. The number of nitrogens with zero attached hydrogens (tertiary/aromatic N) is 2. The van der Waals surface area contributed by atoms with Gasteiger partial charge in [0.1, 0.15) is 18.4 Å². The quantitative estimate of drug-likeness (QED) is 0.802. The Bertz CT molecular complexity index is 497. The summed E-state index contributed by atoms with van der Waals surface area (Å²) in [7, 11) is 0. The Labute approximate surface area is 112 Å². The maximum absolute atomic E-state index is 11.8. The molecule has 5 nitrogen and oxygen atoms in total. The fraction of sp³-hybridized carbons (Fsp3) is 0.286. The van der Waals surface area contributed by atoms with Crippen molar-refractivity contribution in [3.05, 3.63) is 48.8 Å². The van der Waals surface area contributed by atoms with E-state index in [1.165, 1.54) is 0 Å². The van der Waals surface area contributed by atoms with Crippen molar-refractivity contribution in [3.8, 4) is 5.75 Å². The van der Waals surface area contributed by atoms with Gasteiger partial charge in [-0.1, -0.05) is 18.2 Å². The van der Waals surface area contributed by atoms with Crippen molar-refractivity contribution in [2.24, 2.45) is 0 Å². The van der Waals surface area contributed by atoms with Crippen LogP contribution in [0.5, 0.6) is 5.75 Å². The molecule has 1 aromatic carbocycles. The summed E-state index contributed by atoms with van der Waals surface area (Å²) in [5.74, 6) is 0.734. The van der Waals surface area contributed by atoms with Gasteiger partial charge in [-0.25, -0.2) is 0 Å². The number of benzene rings is 1. The van der Waals surface area contributed by atoms with Crippen LogP contribution < -0.4 is 10.1 Å². The number of carbonyl (C=O) groups excluding carboxylic acids is 1. The van der Waals surface area contributed by atoms with Gasteiger partial charge in [-0.3, -0.25) is 9.48 Å². The molecule has 1 atom stereocenters. The Morgan fingerprint density at radius 2 is 2.16 bits per heavy atom. The van der Waals surface area contributed by atoms with Gasteiger partial charge in [0.25, 0.3) is 0 Å². The molecule has 0 fully saturated rings. The third-order valence-corrected chi connectivity index (χ3v) is 2.71. The SMILES string of the molecule is CC(C(=O)NCCOc1ccccc1)n1cccn1. The summed E-state index contributed by atoms with van der Waals surface area (Å²) in [4.78, 5) is 11.8. The maximum atomic E-state index is 11.8. The summed E-state index contributed by atoms with van der Waals surface area (Å²) in [6, 6.07) is 11.0. The molecule has 2 aromatic rings. The van der Waals surface area contributed by atoms with E-state index in [4.69, 9.17) is 4.74 Å². The predicted octanol–water partition coefficient (Wildman–Crippen LogP) is 1.64. The molecule has 1 amide bonds. The summed E-state index contributed by atoms with van der Waals surface area (Å²) in [5.41, 5.74) is 0. The highest BCUT2D eigenvalue weighted by atomic mass is 16.5. The van der Waals surface area contributed by atoms with Crippen LogP contribution in [0.2, 0.25) is 0 Å². The summed E-state index contributed by atoms with van der Waals surface area (Å²) < 4.78 is 7.11. The van der Waals surface area contributed by atoms with Crippen molar-refractivity contribution in [2.75, 3.05) is 13.2 Å². The Morgan fingerprint density at radius 1 is 1.37 bits per heavy atom. The van der Waals surface area contributed by atoms with Crippen molar-refractivity contribution < 1.29 is 9.53 Å². The van der Waals surface area contributed by atoms with Crippen LogP contribution in [0.1, 0.15) is 13.0 Å². The number of rotatable bonds is 6. The van der Waals surface area contributed by atoms with Gasteiger partial charge in [0.15, 0.2) is 0 Å². The number of ether oxygens (including phenoxy) is 1. The van der Waals surface area contributed by atoms with E-state index < -0.39 is 0 Å². The standard InChI is InChI=1S/C14H17N3O2/c1-12(17-10-5-8-16-17)14(18)15-9-11-19-13-6-3-2-4-7-13/h2-8,10,12H,9,11H2,1H3,(H,15,18). The van der Waals surface area contributed by atoms with E-state index in [-0.39, 0.29) is 11.9 Å². The van der Waals surface area contributed by atoms with Crippen LogP contribution in [-0.4, -0.2) is 28.8 Å². The minimum atomic E-state index is -0.313. The number of nitrogens with one attached hydrogen (secondary N) is 1. The van der Waals surface area contributed by atoms with Crippen molar-refractivity contribution in [1.29, 1.82) is 0 Å². The van der Waals surface area contributed by atoms with E-state index in [1.54, 1.807) is 30.1 Å². The zero-order valence-electron chi connectivity index (χ0n) is 10.8. The Hall–Kier alpha value is -2.30. The summed E-state index contributed by atoms with van der Waals surface area (Å²) in [6.07, 6.45) is 3.42. The molecule has 0 aliphatic rings. The number of hydrogen-bond acceptors (Lipinski definition) is 3. The molecule has 19 heavy (non-hydrogen) atoms. The van der Waals surface area contributed by atoms with Gasteiger partial charge >= 0.3 is 0 Å². The van der Waals surface area contributed by atoms with Crippen molar-refractivity contribution in [3.63, 3.8) is 0 Å². The lowest BCUT2D eigenvalue weighted by atomic mass is 10.3. The first-order valence-corrected chi connectivity index (χ1v) is 6.22. The lowest BCUT2D eigenvalue weighted by Gasteiger charge is -2.13. The van der Waals surface area contributed by atoms with Crippen molar-refractivity contribution >= 4 is 5.91 Å². The first kappa shape index (κ1) is 13.1. The first-order valence-electron chi connectivity index (χ1n) is 6.22. The first-order chi connectivity index (χ1) is 9.27. The van der Waals surface area contributed by atoms with Gasteiger partial charge in [-0.05, 0) is 25.1 Å². The van der Waals surface area contributed by atoms with E-state index >= 15 is 0 Å². The summed E-state index contributed by atoms with van der Waals surface area (Å²) >= 11 is 0. The van der Waals surface area contributed by atoms with E-state index in [1.807, 2.05) is 30.3 Å². The molecule has 100 valence electrons. The number of para-hydroxylation sites is 1. The number of hydrogen-bond donors (Lipinski definition) is 1. The maximum Gasteiger partial charge on any atom is 0.244 e. The number of aromatic nitrogens is 2. The molecule has 0 aliphatic heterocycles. The molecular formula is C14H17N3O2. The van der Waals surface area contributed by atoms with Crippen LogP contribution in [0.25, 0.3) is 0 Å². The van der Waals surface area contributed by atoms with Gasteiger partial charge in [-0.15, -0.1) is 0 Å². The topological polar surface area (TPSA) is 56.1 Å². The summed E-state index contributed by atoms with van der Waals surface area (Å²) in [6.45, 7) is 2.72. The lowest BCUT2D eigenvalue weighted by molar-refractivity contribution is -0.124. The fourth-order valence-corrected chi connectivity index (χ4v) is 1.64. The van der Waals surface area contributed by atoms with Gasteiger partial charge in [-0.2, -0.15) is 5.10 Å².